The SMILES string of the molecule is CCC.CCC.COc1ccc(CN2CCN(c3ccc(OSN4CCOCC4)cc3)CC2)cc1OC. The van der Waals surface area contributed by atoms with E-state index in [9.17, 15) is 0 Å². The highest BCUT2D eigenvalue weighted by Gasteiger charge is 2.18. The number of benzene rings is 2. The molecule has 37 heavy (non-hydrogen) atoms. The first-order chi connectivity index (χ1) is 18.1. The number of hydrogen-bond donors (Lipinski definition) is 0. The van der Waals surface area contributed by atoms with E-state index in [1.54, 1.807) is 14.2 Å². The molecule has 0 atom stereocenters. The lowest BCUT2D eigenvalue weighted by Gasteiger charge is -2.36. The molecule has 0 amide bonds. The highest BCUT2D eigenvalue weighted by molar-refractivity contribution is 7.92. The summed E-state index contributed by atoms with van der Waals surface area (Å²) in [6.45, 7) is 16.8. The zero-order valence-electron chi connectivity index (χ0n) is 23.7. The van der Waals surface area contributed by atoms with Gasteiger partial charge in [-0.1, -0.05) is 46.6 Å². The standard InChI is InChI=1S/C23H31N3O4S.2C3H8/c1-27-22-8-3-19(17-23(22)28-2)18-24-9-11-25(12-10-24)20-4-6-21(7-5-20)30-31-26-13-15-29-16-14-26;2*1-3-2/h3-8,17H,9-16,18H2,1-2H3;2*3H2,1-2H3. The Morgan fingerprint density at radius 3 is 1.92 bits per heavy atom. The molecule has 0 bridgehead atoms. The van der Waals surface area contributed by atoms with Crippen molar-refractivity contribution in [1.82, 2.24) is 9.21 Å². The van der Waals surface area contributed by atoms with Gasteiger partial charge in [-0.05, 0) is 42.0 Å². The van der Waals surface area contributed by atoms with Crippen molar-refractivity contribution in [2.24, 2.45) is 0 Å². The normalized spacial score (nSPS) is 16.1. The maximum Gasteiger partial charge on any atom is 0.161 e. The Labute approximate surface area is 229 Å². The van der Waals surface area contributed by atoms with Crippen LogP contribution in [0.5, 0.6) is 17.2 Å². The lowest BCUT2D eigenvalue weighted by Crippen LogP contribution is -2.45. The van der Waals surface area contributed by atoms with Crippen LogP contribution in [-0.4, -0.2) is 75.9 Å². The molecule has 0 spiro atoms. The van der Waals surface area contributed by atoms with Crippen LogP contribution >= 0.6 is 12.2 Å². The molecule has 7 nitrogen and oxygen atoms in total. The third-order valence-electron chi connectivity index (χ3n) is 5.64. The Balaban J connectivity index is 0.000000733. The van der Waals surface area contributed by atoms with Crippen LogP contribution in [0.25, 0.3) is 0 Å². The van der Waals surface area contributed by atoms with Gasteiger partial charge in [0, 0.05) is 51.5 Å². The summed E-state index contributed by atoms with van der Waals surface area (Å²) in [4.78, 5) is 4.91. The minimum absolute atomic E-state index is 0.770. The molecule has 4 rings (SSSR count). The topological polar surface area (TPSA) is 46.6 Å². The maximum absolute atomic E-state index is 5.85. The fourth-order valence-electron chi connectivity index (χ4n) is 3.83. The van der Waals surface area contributed by atoms with Gasteiger partial charge in [-0.15, -0.1) is 0 Å². The minimum Gasteiger partial charge on any atom is -0.493 e. The molecule has 0 N–H and O–H groups in total. The highest BCUT2D eigenvalue weighted by Crippen LogP contribution is 2.29. The van der Waals surface area contributed by atoms with Crippen molar-refractivity contribution in [1.29, 1.82) is 0 Å². The van der Waals surface area contributed by atoms with Crippen LogP contribution in [-0.2, 0) is 11.3 Å². The van der Waals surface area contributed by atoms with Crippen LogP contribution < -0.4 is 18.6 Å². The number of hydrogen-bond acceptors (Lipinski definition) is 8. The van der Waals surface area contributed by atoms with Gasteiger partial charge >= 0.3 is 0 Å². The van der Waals surface area contributed by atoms with Crippen LogP contribution in [0.2, 0.25) is 0 Å². The van der Waals surface area contributed by atoms with E-state index in [-0.39, 0.29) is 0 Å². The van der Waals surface area contributed by atoms with E-state index < -0.39 is 0 Å². The number of morpholine rings is 1. The predicted octanol–water partition coefficient (Wildman–Crippen LogP) is 6.13. The average Bonchev–Trinajstić information content (AvgIpc) is 2.94. The number of ether oxygens (including phenoxy) is 3. The molecule has 0 unspecified atom stereocenters. The Kier molecular flexibility index (Phi) is 15.3. The van der Waals surface area contributed by atoms with Gasteiger partial charge in [0.15, 0.2) is 11.5 Å². The average molecular weight is 534 g/mol. The fraction of sp³-hybridized carbons (Fsp3) is 0.586. The van der Waals surface area contributed by atoms with Gasteiger partial charge in [-0.25, -0.2) is 4.31 Å². The lowest BCUT2D eigenvalue weighted by molar-refractivity contribution is 0.0756. The highest BCUT2D eigenvalue weighted by atomic mass is 32.2. The third-order valence-corrected chi connectivity index (χ3v) is 6.48. The van der Waals surface area contributed by atoms with E-state index in [0.717, 1.165) is 76.3 Å². The number of methoxy groups -OCH3 is 2. The van der Waals surface area contributed by atoms with Gasteiger partial charge < -0.3 is 23.3 Å². The molecule has 2 aliphatic heterocycles. The van der Waals surface area contributed by atoms with E-state index in [1.807, 2.05) is 6.07 Å². The van der Waals surface area contributed by atoms with Crippen molar-refractivity contribution < 1.29 is 18.4 Å². The summed E-state index contributed by atoms with van der Waals surface area (Å²) in [5.74, 6) is 2.44. The van der Waals surface area contributed by atoms with Gasteiger partial charge in [0.05, 0.1) is 27.4 Å². The Morgan fingerprint density at radius 2 is 1.35 bits per heavy atom. The number of nitrogens with zero attached hydrogens (tertiary/aromatic N) is 3. The van der Waals surface area contributed by atoms with Crippen LogP contribution in [0.4, 0.5) is 5.69 Å². The summed E-state index contributed by atoms with van der Waals surface area (Å²) < 4.78 is 24.2. The van der Waals surface area contributed by atoms with Crippen LogP contribution in [0.1, 0.15) is 46.1 Å². The summed E-state index contributed by atoms with van der Waals surface area (Å²) in [5, 5.41) is 0. The van der Waals surface area contributed by atoms with Crippen molar-refractivity contribution in [3.8, 4) is 17.2 Å². The van der Waals surface area contributed by atoms with Crippen LogP contribution in [0.15, 0.2) is 42.5 Å². The van der Waals surface area contributed by atoms with Crippen LogP contribution in [0.3, 0.4) is 0 Å². The van der Waals surface area contributed by atoms with Gasteiger partial charge in [0.1, 0.15) is 18.0 Å². The van der Waals surface area contributed by atoms with Crippen molar-refractivity contribution in [2.45, 2.75) is 47.1 Å². The molecule has 8 heteroatoms. The zero-order chi connectivity index (χ0) is 26.9. The first kappa shape index (κ1) is 31.1. The molecule has 2 saturated heterocycles. The summed E-state index contributed by atoms with van der Waals surface area (Å²) >= 11 is 1.41. The summed E-state index contributed by atoms with van der Waals surface area (Å²) in [6.07, 6.45) is 2.50. The Hall–Kier alpha value is -2.13. The van der Waals surface area contributed by atoms with Crippen molar-refractivity contribution in [2.75, 3.05) is 71.6 Å². The Morgan fingerprint density at radius 1 is 0.757 bits per heavy atom. The van der Waals surface area contributed by atoms with Gasteiger partial charge in [0.25, 0.3) is 0 Å². The maximum atomic E-state index is 5.85. The smallest absolute Gasteiger partial charge is 0.161 e. The number of anilines is 1. The zero-order valence-corrected chi connectivity index (χ0v) is 24.5. The fourth-order valence-corrected chi connectivity index (χ4v) is 4.43. The molecule has 2 aromatic rings. The van der Waals surface area contributed by atoms with E-state index in [2.05, 4.69) is 78.2 Å². The Bertz CT molecular complexity index is 853. The van der Waals surface area contributed by atoms with Crippen molar-refractivity contribution in [3.05, 3.63) is 48.0 Å². The summed E-state index contributed by atoms with van der Waals surface area (Å²) in [7, 11) is 3.34. The summed E-state index contributed by atoms with van der Waals surface area (Å²) in [5.41, 5.74) is 2.49. The molecular formula is C29H47N3O4S. The molecule has 2 heterocycles. The number of piperazine rings is 1. The van der Waals surface area contributed by atoms with E-state index >= 15 is 0 Å². The molecule has 2 fully saturated rings. The first-order valence-electron chi connectivity index (χ1n) is 13.5. The van der Waals surface area contributed by atoms with Crippen LogP contribution in [0, 0.1) is 0 Å². The van der Waals surface area contributed by atoms with E-state index in [4.69, 9.17) is 18.4 Å². The molecule has 0 saturated carbocycles. The second kappa shape index (κ2) is 18.2. The molecular weight excluding hydrogens is 486 g/mol. The second-order valence-electron chi connectivity index (χ2n) is 9.06. The van der Waals surface area contributed by atoms with Crippen molar-refractivity contribution >= 4 is 17.9 Å². The van der Waals surface area contributed by atoms with Gasteiger partial charge in [-0.3, -0.25) is 4.90 Å². The molecule has 2 aliphatic rings. The molecule has 0 aliphatic carbocycles. The van der Waals surface area contributed by atoms with Gasteiger partial charge in [-0.2, -0.15) is 0 Å². The van der Waals surface area contributed by atoms with Gasteiger partial charge in [0.2, 0.25) is 0 Å². The van der Waals surface area contributed by atoms with E-state index in [0.29, 0.717) is 0 Å². The predicted molar refractivity (Wildman–Crippen MR) is 156 cm³/mol. The summed E-state index contributed by atoms with van der Waals surface area (Å²) in [6, 6.07) is 14.6. The van der Waals surface area contributed by atoms with E-state index in [1.165, 1.54) is 36.3 Å². The second-order valence-corrected chi connectivity index (χ2v) is 9.89. The molecule has 0 radical (unpaired) electrons. The lowest BCUT2D eigenvalue weighted by atomic mass is 10.1. The third kappa shape index (κ3) is 11.0. The van der Waals surface area contributed by atoms with Crippen molar-refractivity contribution in [3.63, 3.8) is 0 Å². The quantitative estimate of drug-likeness (QED) is 0.297. The minimum atomic E-state index is 0.770. The first-order valence-corrected chi connectivity index (χ1v) is 14.2. The molecule has 208 valence electrons. The largest absolute Gasteiger partial charge is 0.493 e. The molecule has 2 aromatic carbocycles. The monoisotopic (exact) mass is 533 g/mol. The number of rotatable bonds is 8. The molecule has 0 aromatic heterocycles.